The molecule has 1 aliphatic carbocycles. The van der Waals surface area contributed by atoms with E-state index in [2.05, 4.69) is 0 Å². The minimum atomic E-state index is -2.88. The van der Waals surface area contributed by atoms with Gasteiger partial charge in [-0.25, -0.2) is 8.42 Å². The number of hydrogen-bond acceptors (Lipinski definition) is 4. The lowest BCUT2D eigenvalue weighted by Gasteiger charge is -2.05. The number of carbonyl (C=O) groups excluding carboxylic acids is 1. The second-order valence-corrected chi connectivity index (χ2v) is 6.40. The maximum Gasteiger partial charge on any atom is 0.309 e. The molecular formula is C9H14O4S. The van der Waals surface area contributed by atoms with Crippen LogP contribution in [0, 0.1) is 11.3 Å². The lowest BCUT2D eigenvalue weighted by atomic mass is 10.0. The van der Waals surface area contributed by atoms with Gasteiger partial charge >= 0.3 is 5.97 Å². The van der Waals surface area contributed by atoms with Gasteiger partial charge < -0.3 is 4.74 Å². The molecule has 4 nitrogen and oxygen atoms in total. The van der Waals surface area contributed by atoms with Crippen LogP contribution in [0.3, 0.4) is 0 Å². The van der Waals surface area contributed by atoms with Crippen LogP contribution in [0.25, 0.3) is 0 Å². The van der Waals surface area contributed by atoms with Gasteiger partial charge in [-0.15, -0.1) is 0 Å². The summed E-state index contributed by atoms with van der Waals surface area (Å²) < 4.78 is 27.4. The normalized spacial score (nSPS) is 38.5. The van der Waals surface area contributed by atoms with Gasteiger partial charge in [0.15, 0.2) is 9.84 Å². The molecule has 0 aromatic carbocycles. The Morgan fingerprint density at radius 1 is 1.57 bits per heavy atom. The fourth-order valence-corrected chi connectivity index (χ4v) is 4.50. The standard InChI is InChI=1S/C9H14O4S/c1-2-13-8(10)7-5-9(7)3-4-14(11,12)6-9/h7H,2-6H2,1H3. The highest BCUT2D eigenvalue weighted by Gasteiger charge is 2.63. The highest BCUT2D eigenvalue weighted by molar-refractivity contribution is 7.91. The van der Waals surface area contributed by atoms with E-state index in [0.717, 1.165) is 0 Å². The van der Waals surface area contributed by atoms with Crippen LogP contribution in [0.5, 0.6) is 0 Å². The molecule has 14 heavy (non-hydrogen) atoms. The zero-order chi connectivity index (χ0) is 10.4. The molecule has 2 unspecified atom stereocenters. The second kappa shape index (κ2) is 2.95. The first kappa shape index (κ1) is 9.96. The van der Waals surface area contributed by atoms with Crippen molar-refractivity contribution in [3.05, 3.63) is 0 Å². The fraction of sp³-hybridized carbons (Fsp3) is 0.889. The van der Waals surface area contributed by atoms with Crippen molar-refractivity contribution in [2.45, 2.75) is 19.8 Å². The summed E-state index contributed by atoms with van der Waals surface area (Å²) in [5.41, 5.74) is -0.245. The van der Waals surface area contributed by atoms with Gasteiger partial charge in [0.25, 0.3) is 0 Å². The lowest BCUT2D eigenvalue weighted by molar-refractivity contribution is -0.145. The molecule has 0 radical (unpaired) electrons. The average Bonchev–Trinajstić information content (AvgIpc) is 2.67. The highest BCUT2D eigenvalue weighted by Crippen LogP contribution is 2.59. The van der Waals surface area contributed by atoms with Gasteiger partial charge in [0, 0.05) is 0 Å². The van der Waals surface area contributed by atoms with Crippen LogP contribution in [0.4, 0.5) is 0 Å². The number of carbonyl (C=O) groups is 1. The van der Waals surface area contributed by atoms with Gasteiger partial charge in [0.2, 0.25) is 0 Å². The molecule has 0 aromatic rings. The lowest BCUT2D eigenvalue weighted by Crippen LogP contribution is -2.15. The van der Waals surface area contributed by atoms with Gasteiger partial charge in [-0.1, -0.05) is 0 Å². The van der Waals surface area contributed by atoms with Crippen molar-refractivity contribution < 1.29 is 17.9 Å². The molecule has 0 N–H and O–H groups in total. The summed E-state index contributed by atoms with van der Waals surface area (Å²) in [5.74, 6) is 0.0520. The van der Waals surface area contributed by atoms with Gasteiger partial charge in [-0.3, -0.25) is 4.79 Å². The van der Waals surface area contributed by atoms with Crippen LogP contribution in [-0.4, -0.2) is 32.5 Å². The van der Waals surface area contributed by atoms with Crippen molar-refractivity contribution in [1.29, 1.82) is 0 Å². The van der Waals surface area contributed by atoms with E-state index >= 15 is 0 Å². The minimum absolute atomic E-state index is 0.153. The Labute approximate surface area is 83.5 Å². The van der Waals surface area contributed by atoms with E-state index in [1.165, 1.54) is 0 Å². The van der Waals surface area contributed by atoms with E-state index in [9.17, 15) is 13.2 Å². The Morgan fingerprint density at radius 3 is 2.79 bits per heavy atom. The first-order valence-electron chi connectivity index (χ1n) is 4.86. The Bertz CT molecular complexity index is 359. The fourth-order valence-electron chi connectivity index (χ4n) is 2.30. The van der Waals surface area contributed by atoms with Crippen molar-refractivity contribution >= 4 is 15.8 Å². The molecule has 5 heteroatoms. The maximum absolute atomic E-state index is 11.4. The third-order valence-electron chi connectivity index (χ3n) is 3.18. The molecule has 1 heterocycles. The zero-order valence-corrected chi connectivity index (χ0v) is 8.97. The van der Waals surface area contributed by atoms with E-state index in [1.807, 2.05) is 0 Å². The molecule has 0 bridgehead atoms. The zero-order valence-electron chi connectivity index (χ0n) is 8.15. The Morgan fingerprint density at radius 2 is 2.29 bits per heavy atom. The summed E-state index contributed by atoms with van der Waals surface area (Å²) in [6.07, 6.45) is 1.34. The third-order valence-corrected chi connectivity index (χ3v) is 5.02. The Balaban J connectivity index is 2.02. The smallest absolute Gasteiger partial charge is 0.309 e. The molecule has 2 atom stereocenters. The predicted molar refractivity (Wildman–Crippen MR) is 50.4 cm³/mol. The van der Waals surface area contributed by atoms with Gasteiger partial charge in [0.05, 0.1) is 24.0 Å². The molecule has 1 spiro atoms. The monoisotopic (exact) mass is 218 g/mol. The largest absolute Gasteiger partial charge is 0.466 e. The summed E-state index contributed by atoms with van der Waals surface area (Å²) >= 11 is 0. The summed E-state index contributed by atoms with van der Waals surface area (Å²) in [6, 6.07) is 0. The van der Waals surface area contributed by atoms with E-state index in [0.29, 0.717) is 19.4 Å². The predicted octanol–water partition coefficient (Wildman–Crippen LogP) is 0.374. The summed E-state index contributed by atoms with van der Waals surface area (Å²) in [6.45, 7) is 2.14. The van der Waals surface area contributed by atoms with Gasteiger partial charge in [0.1, 0.15) is 0 Å². The van der Waals surface area contributed by atoms with Crippen LogP contribution >= 0.6 is 0 Å². The number of esters is 1. The van der Waals surface area contributed by atoms with Gasteiger partial charge in [-0.05, 0) is 25.2 Å². The van der Waals surface area contributed by atoms with Crippen molar-refractivity contribution in [3.63, 3.8) is 0 Å². The van der Waals surface area contributed by atoms with Crippen molar-refractivity contribution in [2.75, 3.05) is 18.1 Å². The Hall–Kier alpha value is -0.580. The van der Waals surface area contributed by atoms with Crippen LogP contribution in [0.15, 0.2) is 0 Å². The molecule has 0 amide bonds. The first-order chi connectivity index (χ1) is 6.49. The highest BCUT2D eigenvalue weighted by atomic mass is 32.2. The quantitative estimate of drug-likeness (QED) is 0.628. The van der Waals surface area contributed by atoms with Crippen LogP contribution in [0.2, 0.25) is 0 Å². The second-order valence-electron chi connectivity index (χ2n) is 4.21. The molecule has 80 valence electrons. The molecule has 1 aliphatic heterocycles. The number of sulfone groups is 1. The summed E-state index contributed by atoms with van der Waals surface area (Å²) in [4.78, 5) is 11.4. The van der Waals surface area contributed by atoms with Crippen LogP contribution < -0.4 is 0 Å². The first-order valence-corrected chi connectivity index (χ1v) is 6.68. The van der Waals surface area contributed by atoms with Crippen molar-refractivity contribution in [3.8, 4) is 0 Å². The summed E-state index contributed by atoms with van der Waals surface area (Å²) in [5, 5.41) is 0. The number of rotatable bonds is 2. The number of ether oxygens (including phenoxy) is 1. The Kier molecular flexibility index (Phi) is 2.10. The van der Waals surface area contributed by atoms with Crippen LogP contribution in [0.1, 0.15) is 19.8 Å². The maximum atomic E-state index is 11.4. The van der Waals surface area contributed by atoms with E-state index in [4.69, 9.17) is 4.74 Å². The molecule has 1 saturated heterocycles. The van der Waals surface area contributed by atoms with Crippen LogP contribution in [-0.2, 0) is 19.4 Å². The SMILES string of the molecule is CCOC(=O)C1CC12CCS(=O)(=O)C2. The number of hydrogen-bond donors (Lipinski definition) is 0. The van der Waals surface area contributed by atoms with Crippen molar-refractivity contribution in [2.24, 2.45) is 11.3 Å². The van der Waals surface area contributed by atoms with E-state index in [-0.39, 0.29) is 28.8 Å². The van der Waals surface area contributed by atoms with Crippen molar-refractivity contribution in [1.82, 2.24) is 0 Å². The van der Waals surface area contributed by atoms with Gasteiger partial charge in [-0.2, -0.15) is 0 Å². The summed E-state index contributed by atoms with van der Waals surface area (Å²) in [7, 11) is -2.88. The molecule has 2 aliphatic rings. The third kappa shape index (κ3) is 1.54. The molecular weight excluding hydrogens is 204 g/mol. The average molecular weight is 218 g/mol. The van der Waals surface area contributed by atoms with E-state index in [1.54, 1.807) is 6.92 Å². The molecule has 1 saturated carbocycles. The topological polar surface area (TPSA) is 60.4 Å². The molecule has 0 aromatic heterocycles. The minimum Gasteiger partial charge on any atom is -0.466 e. The molecule has 2 fully saturated rings. The molecule has 2 rings (SSSR count). The van der Waals surface area contributed by atoms with E-state index < -0.39 is 9.84 Å².